The molecular formula is C18H13ClN4O3S. The fourth-order valence-electron chi connectivity index (χ4n) is 2.44. The van der Waals surface area contributed by atoms with E-state index in [0.29, 0.717) is 22.2 Å². The summed E-state index contributed by atoms with van der Waals surface area (Å²) in [5.74, 6) is 1.17. The van der Waals surface area contributed by atoms with Crippen LogP contribution in [0.1, 0.15) is 0 Å². The van der Waals surface area contributed by atoms with Gasteiger partial charge in [0.15, 0.2) is 5.65 Å². The van der Waals surface area contributed by atoms with Crippen molar-refractivity contribution in [2.75, 3.05) is 4.72 Å². The van der Waals surface area contributed by atoms with Crippen LogP contribution in [-0.4, -0.2) is 23.0 Å². The summed E-state index contributed by atoms with van der Waals surface area (Å²) in [5, 5.41) is 8.35. The lowest BCUT2D eigenvalue weighted by Crippen LogP contribution is -2.15. The maximum atomic E-state index is 12.6. The van der Waals surface area contributed by atoms with E-state index in [2.05, 4.69) is 14.9 Å². The number of nitrogens with one attached hydrogen (secondary N) is 1. The molecule has 0 fully saturated rings. The van der Waals surface area contributed by atoms with E-state index in [-0.39, 0.29) is 10.8 Å². The van der Waals surface area contributed by atoms with Crippen LogP contribution < -0.4 is 9.46 Å². The first kappa shape index (κ1) is 17.3. The minimum absolute atomic E-state index is 0.0774. The second-order valence-corrected chi connectivity index (χ2v) is 7.71. The van der Waals surface area contributed by atoms with Gasteiger partial charge >= 0.3 is 0 Å². The zero-order chi connectivity index (χ0) is 18.9. The van der Waals surface area contributed by atoms with E-state index in [4.69, 9.17) is 16.3 Å². The molecule has 1 N–H and O–H groups in total. The third kappa shape index (κ3) is 3.71. The van der Waals surface area contributed by atoms with E-state index in [1.165, 1.54) is 12.1 Å². The Hall–Kier alpha value is -3.10. The highest BCUT2D eigenvalue weighted by molar-refractivity contribution is 7.92. The Morgan fingerprint density at radius 3 is 2.52 bits per heavy atom. The second kappa shape index (κ2) is 6.90. The first-order chi connectivity index (χ1) is 13.0. The smallest absolute Gasteiger partial charge is 0.264 e. The molecule has 4 rings (SSSR count). The average molecular weight is 401 g/mol. The van der Waals surface area contributed by atoms with Crippen molar-refractivity contribution in [3.8, 4) is 11.5 Å². The third-order valence-electron chi connectivity index (χ3n) is 3.71. The number of anilines is 1. The molecule has 0 aliphatic heterocycles. The normalized spacial score (nSPS) is 11.4. The SMILES string of the molecule is O=S(=O)(Nc1nnc2ccccn12)c1ccc(Oc2cccc(Cl)c2)cc1. The van der Waals surface area contributed by atoms with Gasteiger partial charge in [-0.1, -0.05) is 23.7 Å². The molecule has 0 bridgehead atoms. The van der Waals surface area contributed by atoms with Gasteiger partial charge < -0.3 is 4.74 Å². The molecule has 0 spiro atoms. The molecule has 2 heterocycles. The fraction of sp³-hybridized carbons (Fsp3) is 0. The van der Waals surface area contributed by atoms with Crippen molar-refractivity contribution >= 4 is 33.2 Å². The summed E-state index contributed by atoms with van der Waals surface area (Å²) in [4.78, 5) is 0.0774. The summed E-state index contributed by atoms with van der Waals surface area (Å²) in [6.07, 6.45) is 1.68. The second-order valence-electron chi connectivity index (χ2n) is 5.59. The van der Waals surface area contributed by atoms with Gasteiger partial charge in [-0.05, 0) is 54.6 Å². The topological polar surface area (TPSA) is 85.6 Å². The highest BCUT2D eigenvalue weighted by Crippen LogP contribution is 2.25. The molecular weight excluding hydrogens is 388 g/mol. The number of ether oxygens (including phenoxy) is 1. The summed E-state index contributed by atoms with van der Waals surface area (Å²) in [7, 11) is -3.82. The van der Waals surface area contributed by atoms with Gasteiger partial charge in [0.05, 0.1) is 4.90 Å². The molecule has 2 aromatic heterocycles. The monoisotopic (exact) mass is 400 g/mol. The number of halogens is 1. The van der Waals surface area contributed by atoms with Crippen LogP contribution in [0, 0.1) is 0 Å². The molecule has 0 aliphatic carbocycles. The molecule has 27 heavy (non-hydrogen) atoms. The summed E-state index contributed by atoms with van der Waals surface area (Å²) >= 11 is 5.92. The van der Waals surface area contributed by atoms with Gasteiger partial charge in [0.1, 0.15) is 11.5 Å². The van der Waals surface area contributed by atoms with Gasteiger partial charge in [0.25, 0.3) is 10.0 Å². The third-order valence-corrected chi connectivity index (χ3v) is 5.28. The largest absolute Gasteiger partial charge is 0.457 e. The number of aromatic nitrogens is 3. The number of fused-ring (bicyclic) bond motifs is 1. The zero-order valence-corrected chi connectivity index (χ0v) is 15.4. The standard InChI is InChI=1S/C18H13ClN4O3S/c19-13-4-3-5-15(12-13)26-14-7-9-16(10-8-14)27(24,25)22-18-21-20-17-6-1-2-11-23(17)18/h1-12H,(H,21,22). The summed E-state index contributed by atoms with van der Waals surface area (Å²) < 4.78 is 34.9. The lowest BCUT2D eigenvalue weighted by atomic mass is 10.3. The maximum absolute atomic E-state index is 12.6. The Morgan fingerprint density at radius 2 is 1.74 bits per heavy atom. The average Bonchev–Trinajstić information content (AvgIpc) is 3.05. The van der Waals surface area contributed by atoms with Crippen LogP contribution in [0.15, 0.2) is 77.8 Å². The van der Waals surface area contributed by atoms with Gasteiger partial charge in [-0.25, -0.2) is 13.1 Å². The molecule has 2 aromatic carbocycles. The molecule has 0 saturated carbocycles. The Labute approximate surface area is 160 Å². The van der Waals surface area contributed by atoms with Gasteiger partial charge in [-0.2, -0.15) is 0 Å². The molecule has 9 heteroatoms. The fourth-order valence-corrected chi connectivity index (χ4v) is 3.62. The van der Waals surface area contributed by atoms with E-state index < -0.39 is 10.0 Å². The van der Waals surface area contributed by atoms with Crippen LogP contribution in [0.4, 0.5) is 5.95 Å². The van der Waals surface area contributed by atoms with E-state index in [0.717, 1.165) is 0 Å². The molecule has 0 amide bonds. The first-order valence-corrected chi connectivity index (χ1v) is 9.73. The summed E-state index contributed by atoms with van der Waals surface area (Å²) in [5.41, 5.74) is 0.542. The van der Waals surface area contributed by atoms with Crippen LogP contribution in [0.25, 0.3) is 5.65 Å². The lowest BCUT2D eigenvalue weighted by molar-refractivity contribution is 0.482. The Bertz CT molecular complexity index is 1210. The predicted octanol–water partition coefficient (Wildman–Crippen LogP) is 3.98. The Balaban J connectivity index is 1.55. The molecule has 0 saturated heterocycles. The van der Waals surface area contributed by atoms with Crippen molar-refractivity contribution < 1.29 is 13.2 Å². The Morgan fingerprint density at radius 1 is 0.926 bits per heavy atom. The summed E-state index contributed by atoms with van der Waals surface area (Å²) in [6, 6.07) is 18.3. The van der Waals surface area contributed by atoms with Gasteiger partial charge in [0.2, 0.25) is 5.95 Å². The lowest BCUT2D eigenvalue weighted by Gasteiger charge is -2.09. The van der Waals surface area contributed by atoms with Crippen LogP contribution in [-0.2, 0) is 10.0 Å². The molecule has 0 aliphatic rings. The van der Waals surface area contributed by atoms with Crippen LogP contribution in [0.2, 0.25) is 5.02 Å². The molecule has 7 nitrogen and oxygen atoms in total. The number of benzene rings is 2. The first-order valence-electron chi connectivity index (χ1n) is 7.87. The van der Waals surface area contributed by atoms with Crippen molar-refractivity contribution in [3.63, 3.8) is 0 Å². The predicted molar refractivity (Wildman–Crippen MR) is 102 cm³/mol. The van der Waals surface area contributed by atoms with Crippen molar-refractivity contribution in [1.29, 1.82) is 0 Å². The highest BCUT2D eigenvalue weighted by atomic mass is 35.5. The van der Waals surface area contributed by atoms with E-state index in [9.17, 15) is 8.42 Å². The van der Waals surface area contributed by atoms with E-state index in [1.807, 2.05) is 0 Å². The molecule has 0 unspecified atom stereocenters. The van der Waals surface area contributed by atoms with E-state index in [1.54, 1.807) is 65.2 Å². The Kier molecular flexibility index (Phi) is 4.43. The van der Waals surface area contributed by atoms with Crippen LogP contribution in [0.5, 0.6) is 11.5 Å². The number of hydrogen-bond acceptors (Lipinski definition) is 5. The van der Waals surface area contributed by atoms with Crippen molar-refractivity contribution in [2.24, 2.45) is 0 Å². The van der Waals surface area contributed by atoms with Crippen molar-refractivity contribution in [3.05, 3.63) is 77.9 Å². The van der Waals surface area contributed by atoms with Gasteiger partial charge in [0, 0.05) is 11.2 Å². The summed E-state index contributed by atoms with van der Waals surface area (Å²) in [6.45, 7) is 0. The van der Waals surface area contributed by atoms with Crippen LogP contribution in [0.3, 0.4) is 0 Å². The number of sulfonamides is 1. The van der Waals surface area contributed by atoms with Crippen LogP contribution >= 0.6 is 11.6 Å². The molecule has 0 atom stereocenters. The minimum Gasteiger partial charge on any atom is -0.457 e. The van der Waals surface area contributed by atoms with Gasteiger partial charge in [-0.3, -0.25) is 4.40 Å². The van der Waals surface area contributed by atoms with E-state index >= 15 is 0 Å². The quantitative estimate of drug-likeness (QED) is 0.547. The molecule has 4 aromatic rings. The minimum atomic E-state index is -3.82. The van der Waals surface area contributed by atoms with Crippen molar-refractivity contribution in [1.82, 2.24) is 14.6 Å². The molecule has 136 valence electrons. The van der Waals surface area contributed by atoms with Crippen molar-refractivity contribution in [2.45, 2.75) is 4.90 Å². The maximum Gasteiger partial charge on any atom is 0.264 e. The highest BCUT2D eigenvalue weighted by Gasteiger charge is 2.17. The number of hydrogen-bond donors (Lipinski definition) is 1. The zero-order valence-electron chi connectivity index (χ0n) is 13.8. The number of rotatable bonds is 5. The van der Waals surface area contributed by atoms with Gasteiger partial charge in [-0.15, -0.1) is 10.2 Å². The number of nitrogens with zero attached hydrogens (tertiary/aromatic N) is 3. The molecule has 0 radical (unpaired) electrons. The number of pyridine rings is 1.